The highest BCUT2D eigenvalue weighted by Crippen LogP contribution is 2.35. The van der Waals surface area contributed by atoms with Crippen LogP contribution < -0.4 is 9.47 Å². The maximum Gasteiger partial charge on any atom is 0.174 e. The van der Waals surface area contributed by atoms with Gasteiger partial charge in [0.1, 0.15) is 6.61 Å². The van der Waals surface area contributed by atoms with Crippen LogP contribution >= 0.6 is 22.6 Å². The summed E-state index contributed by atoms with van der Waals surface area (Å²) in [5, 5.41) is 0. The highest BCUT2D eigenvalue weighted by Gasteiger charge is 2.20. The smallest absolute Gasteiger partial charge is 0.174 e. The van der Waals surface area contributed by atoms with E-state index in [-0.39, 0.29) is 0 Å². The Labute approximate surface area is 164 Å². The first kappa shape index (κ1) is 18.5. The summed E-state index contributed by atoms with van der Waals surface area (Å²) < 4.78 is 12.8. The summed E-state index contributed by atoms with van der Waals surface area (Å²) in [5.74, 6) is 1.65. The third-order valence-corrected chi connectivity index (χ3v) is 5.70. The molecule has 1 fully saturated rings. The molecule has 0 aromatic heterocycles. The van der Waals surface area contributed by atoms with Crippen molar-refractivity contribution in [2.45, 2.75) is 44.9 Å². The molecule has 25 heavy (non-hydrogen) atoms. The number of methoxy groups -OCH3 is 1. The molecule has 1 aliphatic carbocycles. The summed E-state index contributed by atoms with van der Waals surface area (Å²) in [6, 6.07) is 15.3. The monoisotopic (exact) mass is 451 g/mol. The molecule has 2 aromatic carbocycles. The molecule has 0 aliphatic heterocycles. The average molecular weight is 451 g/mol. The zero-order valence-electron chi connectivity index (χ0n) is 15.0. The van der Waals surface area contributed by atoms with Gasteiger partial charge in [0.25, 0.3) is 0 Å². The number of nitrogens with zero attached hydrogens (tertiary/aromatic N) is 1. The minimum atomic E-state index is 0.550. The highest BCUT2D eigenvalue weighted by molar-refractivity contribution is 14.1. The lowest BCUT2D eigenvalue weighted by molar-refractivity contribution is 0.236. The normalized spacial score (nSPS) is 14.9. The third kappa shape index (κ3) is 4.88. The van der Waals surface area contributed by atoms with Gasteiger partial charge in [-0.25, -0.2) is 0 Å². The van der Waals surface area contributed by atoms with Gasteiger partial charge in [0.05, 0.1) is 10.7 Å². The Hall–Kier alpha value is -1.27. The van der Waals surface area contributed by atoms with Crippen molar-refractivity contribution in [1.82, 2.24) is 4.90 Å². The quantitative estimate of drug-likeness (QED) is 0.537. The predicted molar refractivity (Wildman–Crippen MR) is 110 cm³/mol. The van der Waals surface area contributed by atoms with Gasteiger partial charge in [-0.15, -0.1) is 0 Å². The van der Waals surface area contributed by atoms with Gasteiger partial charge in [-0.1, -0.05) is 43.2 Å². The van der Waals surface area contributed by atoms with E-state index < -0.39 is 0 Å². The van der Waals surface area contributed by atoms with Crippen molar-refractivity contribution >= 4 is 22.6 Å². The molecule has 0 N–H and O–H groups in total. The van der Waals surface area contributed by atoms with E-state index in [4.69, 9.17) is 9.47 Å². The van der Waals surface area contributed by atoms with Crippen LogP contribution in [0.5, 0.6) is 11.5 Å². The first-order valence-corrected chi connectivity index (χ1v) is 9.98. The molecule has 0 heterocycles. The van der Waals surface area contributed by atoms with Crippen LogP contribution in [0.1, 0.15) is 36.8 Å². The predicted octanol–water partition coefficient (Wildman–Crippen LogP) is 5.25. The van der Waals surface area contributed by atoms with Crippen LogP contribution in [0.4, 0.5) is 0 Å². The van der Waals surface area contributed by atoms with Crippen molar-refractivity contribution in [3.8, 4) is 11.5 Å². The van der Waals surface area contributed by atoms with E-state index in [2.05, 4.69) is 58.8 Å². The first-order chi connectivity index (χ1) is 12.2. The summed E-state index contributed by atoms with van der Waals surface area (Å²) in [7, 11) is 3.94. The standard InChI is InChI=1S/C21H26INO2/c1-23(18-10-6-7-11-18)14-17-12-19(22)21(20(13-17)24-2)25-15-16-8-4-3-5-9-16/h3-5,8-9,12-13,18H,6-7,10-11,14-15H2,1-2H3. The third-order valence-electron chi connectivity index (χ3n) is 4.90. The Bertz CT molecular complexity index is 684. The van der Waals surface area contributed by atoms with Crippen molar-refractivity contribution in [2.75, 3.05) is 14.2 Å². The molecule has 0 spiro atoms. The molecule has 0 atom stereocenters. The van der Waals surface area contributed by atoms with Crippen molar-refractivity contribution in [3.63, 3.8) is 0 Å². The fourth-order valence-electron chi connectivity index (χ4n) is 3.50. The molecule has 3 nitrogen and oxygen atoms in total. The number of ether oxygens (including phenoxy) is 2. The zero-order valence-corrected chi connectivity index (χ0v) is 17.2. The van der Waals surface area contributed by atoms with Crippen molar-refractivity contribution < 1.29 is 9.47 Å². The lowest BCUT2D eigenvalue weighted by atomic mass is 10.1. The van der Waals surface area contributed by atoms with Crippen LogP contribution in [0.2, 0.25) is 0 Å². The Morgan fingerprint density at radius 2 is 1.80 bits per heavy atom. The van der Waals surface area contributed by atoms with E-state index in [9.17, 15) is 0 Å². The lowest BCUT2D eigenvalue weighted by Gasteiger charge is -2.24. The molecule has 2 aromatic rings. The van der Waals surface area contributed by atoms with E-state index in [0.29, 0.717) is 6.61 Å². The van der Waals surface area contributed by atoms with E-state index >= 15 is 0 Å². The Morgan fingerprint density at radius 3 is 2.48 bits per heavy atom. The molecule has 1 aliphatic rings. The SMILES string of the molecule is COc1cc(CN(C)C2CCCC2)cc(I)c1OCc1ccccc1. The largest absolute Gasteiger partial charge is 0.493 e. The average Bonchev–Trinajstić information content (AvgIpc) is 3.16. The Balaban J connectivity index is 1.71. The Kier molecular flexibility index (Phi) is 6.59. The van der Waals surface area contributed by atoms with Gasteiger partial charge < -0.3 is 9.47 Å². The minimum Gasteiger partial charge on any atom is -0.493 e. The van der Waals surface area contributed by atoms with Crippen LogP contribution in [-0.2, 0) is 13.2 Å². The highest BCUT2D eigenvalue weighted by atomic mass is 127. The summed E-state index contributed by atoms with van der Waals surface area (Å²) in [6.07, 6.45) is 5.37. The lowest BCUT2D eigenvalue weighted by Crippen LogP contribution is -2.28. The van der Waals surface area contributed by atoms with Gasteiger partial charge >= 0.3 is 0 Å². The van der Waals surface area contributed by atoms with Crippen LogP contribution in [0.25, 0.3) is 0 Å². The molecule has 0 unspecified atom stereocenters. The molecule has 134 valence electrons. The van der Waals surface area contributed by atoms with E-state index in [1.54, 1.807) is 7.11 Å². The van der Waals surface area contributed by atoms with Crippen molar-refractivity contribution in [2.24, 2.45) is 0 Å². The number of halogens is 1. The maximum atomic E-state index is 6.06. The van der Waals surface area contributed by atoms with Crippen LogP contribution in [0, 0.1) is 3.57 Å². The molecule has 0 amide bonds. The molecule has 3 rings (SSSR count). The van der Waals surface area contributed by atoms with Crippen LogP contribution in [0.3, 0.4) is 0 Å². The van der Waals surface area contributed by atoms with Crippen LogP contribution in [-0.4, -0.2) is 25.1 Å². The molecule has 0 bridgehead atoms. The van der Waals surface area contributed by atoms with Gasteiger partial charge in [0, 0.05) is 12.6 Å². The zero-order chi connectivity index (χ0) is 17.6. The van der Waals surface area contributed by atoms with Gasteiger partial charge in [0.2, 0.25) is 0 Å². The molecule has 0 radical (unpaired) electrons. The van der Waals surface area contributed by atoms with Gasteiger partial charge in [-0.2, -0.15) is 0 Å². The number of rotatable bonds is 7. The van der Waals surface area contributed by atoms with E-state index in [0.717, 1.165) is 33.2 Å². The Morgan fingerprint density at radius 1 is 1.08 bits per heavy atom. The van der Waals surface area contributed by atoms with Crippen LogP contribution in [0.15, 0.2) is 42.5 Å². The van der Waals surface area contributed by atoms with Crippen molar-refractivity contribution in [3.05, 3.63) is 57.2 Å². The summed E-state index contributed by atoms with van der Waals surface area (Å²) >= 11 is 2.35. The number of hydrogen-bond acceptors (Lipinski definition) is 3. The number of benzene rings is 2. The summed E-state index contributed by atoms with van der Waals surface area (Å²) in [5.41, 5.74) is 2.44. The second-order valence-corrected chi connectivity index (χ2v) is 7.90. The molecule has 0 saturated heterocycles. The van der Waals surface area contributed by atoms with Gasteiger partial charge in [-0.05, 0) is 65.7 Å². The van der Waals surface area contributed by atoms with Gasteiger partial charge in [0.15, 0.2) is 11.5 Å². The molecule has 1 saturated carbocycles. The summed E-state index contributed by atoms with van der Waals surface area (Å²) in [6.45, 7) is 1.50. The first-order valence-electron chi connectivity index (χ1n) is 8.90. The topological polar surface area (TPSA) is 21.7 Å². The minimum absolute atomic E-state index is 0.550. The fraction of sp³-hybridized carbons (Fsp3) is 0.429. The maximum absolute atomic E-state index is 6.06. The summed E-state index contributed by atoms with van der Waals surface area (Å²) in [4.78, 5) is 2.47. The number of hydrogen-bond donors (Lipinski definition) is 0. The fourth-order valence-corrected chi connectivity index (χ4v) is 4.32. The second-order valence-electron chi connectivity index (χ2n) is 6.74. The second kappa shape index (κ2) is 8.90. The van der Waals surface area contributed by atoms with E-state index in [1.165, 1.54) is 31.2 Å². The van der Waals surface area contributed by atoms with E-state index in [1.807, 2.05) is 18.2 Å². The van der Waals surface area contributed by atoms with Gasteiger partial charge in [-0.3, -0.25) is 4.90 Å². The van der Waals surface area contributed by atoms with Crippen molar-refractivity contribution in [1.29, 1.82) is 0 Å². The molecular formula is C21H26INO2. The molecule has 4 heteroatoms. The molecular weight excluding hydrogens is 425 g/mol.